The number of halogens is 1. The van der Waals surface area contributed by atoms with Crippen LogP contribution in [0, 0.1) is 0 Å². The Morgan fingerprint density at radius 3 is 2.48 bits per heavy atom. The maximum atomic E-state index is 5.89. The maximum absolute atomic E-state index is 5.89. The van der Waals surface area contributed by atoms with E-state index >= 15 is 0 Å². The van der Waals surface area contributed by atoms with Crippen molar-refractivity contribution in [3.63, 3.8) is 0 Å². The summed E-state index contributed by atoms with van der Waals surface area (Å²) < 4.78 is 5.89. The summed E-state index contributed by atoms with van der Waals surface area (Å²) >= 11 is 2.08. The molecule has 8 heteroatoms. The Morgan fingerprint density at radius 1 is 1.21 bits per heavy atom. The van der Waals surface area contributed by atoms with Gasteiger partial charge in [-0.2, -0.15) is 11.8 Å². The molecule has 1 aromatic rings. The summed E-state index contributed by atoms with van der Waals surface area (Å²) in [5, 5.41) is 6.98. The van der Waals surface area contributed by atoms with Gasteiger partial charge in [0.1, 0.15) is 5.76 Å². The van der Waals surface area contributed by atoms with Crippen LogP contribution < -0.4 is 10.6 Å². The molecule has 6 nitrogen and oxygen atoms in total. The zero-order valence-corrected chi connectivity index (χ0v) is 21.6. The van der Waals surface area contributed by atoms with E-state index in [1.807, 2.05) is 13.2 Å². The highest BCUT2D eigenvalue weighted by Gasteiger charge is 2.38. The van der Waals surface area contributed by atoms with Crippen LogP contribution in [-0.2, 0) is 12.0 Å². The molecule has 0 aromatic carbocycles. The summed E-state index contributed by atoms with van der Waals surface area (Å²) in [6.07, 6.45) is 8.45. The zero-order valence-electron chi connectivity index (χ0n) is 18.4. The summed E-state index contributed by atoms with van der Waals surface area (Å²) in [5.74, 6) is 4.96. The monoisotopic (exact) mass is 535 g/mol. The van der Waals surface area contributed by atoms with Crippen molar-refractivity contribution in [3.8, 4) is 0 Å². The van der Waals surface area contributed by atoms with E-state index in [-0.39, 0.29) is 34.9 Å². The van der Waals surface area contributed by atoms with Gasteiger partial charge in [-0.3, -0.25) is 9.89 Å². The molecule has 2 heterocycles. The topological polar surface area (TPSA) is 65.7 Å². The van der Waals surface area contributed by atoms with Crippen LogP contribution in [-0.4, -0.2) is 59.6 Å². The molecule has 3 rings (SSSR count). The largest absolute Gasteiger partial charge is 0.443 e. The standard InChI is InChI=1S/C21H37N5OS.HI/c1-20(2,3)17-14-23-18(27-17)15-24-19(22-4)25-16-21(8-6-5-7-9-21)26-10-12-28-13-11-26;/h14H,5-13,15-16H2,1-4H3,(H2,22,24,25);1H. The van der Waals surface area contributed by atoms with Gasteiger partial charge < -0.3 is 15.1 Å². The van der Waals surface area contributed by atoms with Crippen LogP contribution in [0.3, 0.4) is 0 Å². The first-order valence-corrected chi connectivity index (χ1v) is 11.8. The smallest absolute Gasteiger partial charge is 0.213 e. The minimum absolute atomic E-state index is 0. The van der Waals surface area contributed by atoms with Crippen molar-refractivity contribution in [2.24, 2.45) is 4.99 Å². The van der Waals surface area contributed by atoms with Gasteiger partial charge >= 0.3 is 0 Å². The number of oxazole rings is 1. The van der Waals surface area contributed by atoms with Gasteiger partial charge in [-0.25, -0.2) is 4.98 Å². The second-order valence-corrected chi connectivity index (χ2v) is 10.3. The predicted octanol–water partition coefficient (Wildman–Crippen LogP) is 4.01. The Balaban J connectivity index is 0.00000300. The summed E-state index contributed by atoms with van der Waals surface area (Å²) in [6.45, 7) is 10.3. The third-order valence-electron chi connectivity index (χ3n) is 5.97. The van der Waals surface area contributed by atoms with E-state index in [4.69, 9.17) is 4.42 Å². The number of nitrogens with one attached hydrogen (secondary N) is 2. The summed E-state index contributed by atoms with van der Waals surface area (Å²) in [6, 6.07) is 0. The minimum Gasteiger partial charge on any atom is -0.443 e. The Hall–Kier alpha value is -0.480. The maximum Gasteiger partial charge on any atom is 0.213 e. The molecule has 1 aliphatic heterocycles. The van der Waals surface area contributed by atoms with E-state index < -0.39 is 0 Å². The first-order chi connectivity index (χ1) is 13.4. The lowest BCUT2D eigenvalue weighted by atomic mass is 9.80. The van der Waals surface area contributed by atoms with Crippen LogP contribution >= 0.6 is 35.7 Å². The Labute approximate surface area is 197 Å². The SMILES string of the molecule is CN=C(NCc1ncc(C(C)(C)C)o1)NCC1(N2CCSCC2)CCCCC1.I. The third-order valence-corrected chi connectivity index (χ3v) is 6.92. The second-order valence-electron chi connectivity index (χ2n) is 9.03. The molecule has 0 unspecified atom stereocenters. The normalized spacial score (nSPS) is 20.8. The molecule has 1 aliphatic carbocycles. The molecule has 1 saturated carbocycles. The van der Waals surface area contributed by atoms with Gasteiger partial charge in [-0.15, -0.1) is 24.0 Å². The molecule has 0 bridgehead atoms. The highest BCUT2D eigenvalue weighted by atomic mass is 127. The molecule has 1 aromatic heterocycles. The second kappa shape index (κ2) is 11.2. The van der Waals surface area contributed by atoms with Gasteiger partial charge in [0.05, 0.1) is 12.7 Å². The molecule has 0 spiro atoms. The van der Waals surface area contributed by atoms with E-state index in [1.165, 1.54) is 56.7 Å². The fourth-order valence-electron chi connectivity index (χ4n) is 4.22. The van der Waals surface area contributed by atoms with Crippen molar-refractivity contribution in [3.05, 3.63) is 17.8 Å². The number of guanidine groups is 1. The number of hydrogen-bond acceptors (Lipinski definition) is 5. The van der Waals surface area contributed by atoms with E-state index in [0.29, 0.717) is 12.4 Å². The lowest BCUT2D eigenvalue weighted by molar-refractivity contribution is 0.0626. The van der Waals surface area contributed by atoms with Gasteiger partial charge in [-0.1, -0.05) is 40.0 Å². The molecule has 2 aliphatic rings. The molecule has 2 N–H and O–H groups in total. The fourth-order valence-corrected chi connectivity index (χ4v) is 5.12. The molecule has 0 atom stereocenters. The lowest BCUT2D eigenvalue weighted by Gasteiger charge is -2.48. The average molecular weight is 536 g/mol. The van der Waals surface area contributed by atoms with Crippen LogP contribution in [0.5, 0.6) is 0 Å². The Morgan fingerprint density at radius 2 is 1.90 bits per heavy atom. The molecule has 1 saturated heterocycles. The molecule has 2 fully saturated rings. The van der Waals surface area contributed by atoms with Crippen LogP contribution in [0.2, 0.25) is 0 Å². The quantitative estimate of drug-likeness (QED) is 0.338. The lowest BCUT2D eigenvalue weighted by Crippen LogP contribution is -2.59. The van der Waals surface area contributed by atoms with Crippen molar-refractivity contribution in [2.75, 3.05) is 38.2 Å². The average Bonchev–Trinajstić information content (AvgIpc) is 3.19. The van der Waals surface area contributed by atoms with Gasteiger partial charge in [0.2, 0.25) is 5.89 Å². The van der Waals surface area contributed by atoms with Crippen LogP contribution in [0.25, 0.3) is 0 Å². The molecular formula is C21H38IN5OS. The summed E-state index contributed by atoms with van der Waals surface area (Å²) in [7, 11) is 1.83. The van der Waals surface area contributed by atoms with E-state index in [9.17, 15) is 0 Å². The van der Waals surface area contributed by atoms with E-state index in [2.05, 4.69) is 58.0 Å². The fraction of sp³-hybridized carbons (Fsp3) is 0.810. The molecular weight excluding hydrogens is 497 g/mol. The molecule has 166 valence electrons. The van der Waals surface area contributed by atoms with Gasteiger partial charge in [0.15, 0.2) is 5.96 Å². The third kappa shape index (κ3) is 6.75. The van der Waals surface area contributed by atoms with Crippen molar-refractivity contribution in [1.29, 1.82) is 0 Å². The summed E-state index contributed by atoms with van der Waals surface area (Å²) in [4.78, 5) is 11.6. The number of aromatic nitrogens is 1. The Kier molecular flexibility index (Phi) is 9.60. The molecule has 0 amide bonds. The number of rotatable bonds is 5. The number of nitrogens with zero attached hydrogens (tertiary/aromatic N) is 3. The molecule has 29 heavy (non-hydrogen) atoms. The number of aliphatic imine (C=N–C) groups is 1. The van der Waals surface area contributed by atoms with Gasteiger partial charge in [0, 0.05) is 49.1 Å². The minimum atomic E-state index is -0.0226. The zero-order chi connectivity index (χ0) is 20.0. The summed E-state index contributed by atoms with van der Waals surface area (Å²) in [5.41, 5.74) is 0.254. The van der Waals surface area contributed by atoms with Crippen molar-refractivity contribution in [1.82, 2.24) is 20.5 Å². The van der Waals surface area contributed by atoms with E-state index in [1.54, 1.807) is 0 Å². The van der Waals surface area contributed by atoms with Crippen molar-refractivity contribution >= 4 is 41.7 Å². The van der Waals surface area contributed by atoms with Gasteiger partial charge in [-0.05, 0) is 12.8 Å². The van der Waals surface area contributed by atoms with Crippen LogP contribution in [0.4, 0.5) is 0 Å². The number of hydrogen-bond donors (Lipinski definition) is 2. The number of thioether (sulfide) groups is 1. The Bertz CT molecular complexity index is 646. The van der Waals surface area contributed by atoms with Crippen molar-refractivity contribution in [2.45, 2.75) is 70.4 Å². The van der Waals surface area contributed by atoms with Crippen LogP contribution in [0.15, 0.2) is 15.6 Å². The van der Waals surface area contributed by atoms with E-state index in [0.717, 1.165) is 18.3 Å². The molecule has 0 radical (unpaired) electrons. The van der Waals surface area contributed by atoms with Crippen LogP contribution in [0.1, 0.15) is 64.5 Å². The highest BCUT2D eigenvalue weighted by Crippen LogP contribution is 2.34. The van der Waals surface area contributed by atoms with Gasteiger partial charge in [0.25, 0.3) is 0 Å². The first kappa shape index (κ1) is 24.8. The highest BCUT2D eigenvalue weighted by molar-refractivity contribution is 14.0. The first-order valence-electron chi connectivity index (χ1n) is 10.7. The predicted molar refractivity (Wildman–Crippen MR) is 134 cm³/mol. The van der Waals surface area contributed by atoms with Crippen molar-refractivity contribution < 1.29 is 4.42 Å².